The highest BCUT2D eigenvalue weighted by atomic mass is 16.5. The molecule has 1 aromatic rings. The van der Waals surface area contributed by atoms with Crippen molar-refractivity contribution in [3.63, 3.8) is 0 Å². The lowest BCUT2D eigenvalue weighted by Gasteiger charge is -2.19. The van der Waals surface area contributed by atoms with E-state index in [1.807, 2.05) is 18.2 Å². The van der Waals surface area contributed by atoms with Crippen LogP contribution in [0.4, 0.5) is 0 Å². The first-order chi connectivity index (χ1) is 9.49. The van der Waals surface area contributed by atoms with Crippen LogP contribution in [0, 0.1) is 0 Å². The van der Waals surface area contributed by atoms with Crippen LogP contribution in [0.15, 0.2) is 24.3 Å². The van der Waals surface area contributed by atoms with E-state index in [1.165, 1.54) is 24.9 Å². The number of carboxylic acids is 1. The van der Waals surface area contributed by atoms with Crippen LogP contribution >= 0.6 is 0 Å². The van der Waals surface area contributed by atoms with E-state index in [1.54, 1.807) is 6.08 Å². The van der Waals surface area contributed by atoms with Crippen LogP contribution in [0.1, 0.15) is 18.1 Å². The zero-order valence-electron chi connectivity index (χ0n) is 11.5. The Labute approximate surface area is 117 Å². The van der Waals surface area contributed by atoms with Gasteiger partial charge in [-0.05, 0) is 36.3 Å². The summed E-state index contributed by atoms with van der Waals surface area (Å²) in [6, 6.07) is 4.89. The van der Waals surface area contributed by atoms with Crippen molar-refractivity contribution < 1.29 is 19.4 Å². The third kappa shape index (κ3) is 2.99. The molecule has 1 atom stereocenters. The highest BCUT2D eigenvalue weighted by Crippen LogP contribution is 2.26. The van der Waals surface area contributed by atoms with Crippen molar-refractivity contribution in [3.8, 4) is 5.75 Å². The van der Waals surface area contributed by atoms with Crippen molar-refractivity contribution in [2.24, 2.45) is 0 Å². The third-order valence-corrected chi connectivity index (χ3v) is 3.42. The quantitative estimate of drug-likeness (QED) is 0.847. The number of aliphatic carboxylic acids is 1. The number of carbonyl (C=O) groups is 2. The van der Waals surface area contributed by atoms with Gasteiger partial charge in [-0.15, -0.1) is 0 Å². The molecule has 5 heteroatoms. The number of hydrogen-bond acceptors (Lipinski definition) is 3. The zero-order chi connectivity index (χ0) is 14.7. The van der Waals surface area contributed by atoms with Crippen LogP contribution in [-0.4, -0.2) is 41.6 Å². The summed E-state index contributed by atoms with van der Waals surface area (Å²) in [6.07, 6.45) is 3.95. The molecule has 1 aromatic carbocycles. The van der Waals surface area contributed by atoms with Crippen molar-refractivity contribution in [2.75, 3.05) is 13.7 Å². The molecule has 0 bridgehead atoms. The van der Waals surface area contributed by atoms with Gasteiger partial charge >= 0.3 is 5.97 Å². The van der Waals surface area contributed by atoms with E-state index in [9.17, 15) is 9.59 Å². The Bertz CT molecular complexity index is 565. The molecule has 0 fully saturated rings. The van der Waals surface area contributed by atoms with Gasteiger partial charge in [0.1, 0.15) is 11.8 Å². The predicted molar refractivity (Wildman–Crippen MR) is 74.5 cm³/mol. The van der Waals surface area contributed by atoms with Crippen molar-refractivity contribution in [2.45, 2.75) is 19.4 Å². The van der Waals surface area contributed by atoms with Gasteiger partial charge in [0.25, 0.3) is 0 Å². The fourth-order valence-corrected chi connectivity index (χ4v) is 1.95. The van der Waals surface area contributed by atoms with Crippen molar-refractivity contribution in [1.82, 2.24) is 4.90 Å². The maximum absolute atomic E-state index is 11.8. The van der Waals surface area contributed by atoms with Crippen LogP contribution in [0.2, 0.25) is 0 Å². The number of benzene rings is 1. The van der Waals surface area contributed by atoms with Gasteiger partial charge in [-0.2, -0.15) is 0 Å². The van der Waals surface area contributed by atoms with Gasteiger partial charge < -0.3 is 14.7 Å². The summed E-state index contributed by atoms with van der Waals surface area (Å²) in [6.45, 7) is 2.17. The van der Waals surface area contributed by atoms with E-state index in [0.717, 1.165) is 23.3 Å². The van der Waals surface area contributed by atoms with Gasteiger partial charge in [0, 0.05) is 19.5 Å². The number of ether oxygens (including phenoxy) is 1. The van der Waals surface area contributed by atoms with E-state index < -0.39 is 12.0 Å². The molecule has 0 radical (unpaired) electrons. The van der Waals surface area contributed by atoms with E-state index in [2.05, 4.69) is 0 Å². The number of nitrogens with zero attached hydrogens (tertiary/aromatic N) is 1. The molecular weight excluding hydrogens is 258 g/mol. The molecule has 1 N–H and O–H groups in total. The summed E-state index contributed by atoms with van der Waals surface area (Å²) < 4.78 is 5.41. The molecule has 5 nitrogen and oxygen atoms in total. The minimum absolute atomic E-state index is 0.336. The smallest absolute Gasteiger partial charge is 0.326 e. The Morgan fingerprint density at radius 1 is 1.45 bits per heavy atom. The first-order valence-corrected chi connectivity index (χ1v) is 6.42. The number of likely N-dealkylation sites (N-methyl/N-ethyl adjacent to an activating group) is 1. The van der Waals surface area contributed by atoms with Crippen LogP contribution < -0.4 is 4.74 Å². The number of hydrogen-bond donors (Lipinski definition) is 1. The fraction of sp³-hybridized carbons (Fsp3) is 0.333. The van der Waals surface area contributed by atoms with Crippen LogP contribution in [-0.2, 0) is 16.0 Å². The molecule has 2 rings (SSSR count). The first kappa shape index (κ1) is 14.1. The zero-order valence-corrected chi connectivity index (χ0v) is 11.5. The van der Waals surface area contributed by atoms with E-state index >= 15 is 0 Å². The largest absolute Gasteiger partial charge is 0.493 e. The molecule has 20 heavy (non-hydrogen) atoms. The molecule has 1 aliphatic rings. The molecule has 1 aliphatic heterocycles. The fourth-order valence-electron chi connectivity index (χ4n) is 1.95. The summed E-state index contributed by atoms with van der Waals surface area (Å²) in [4.78, 5) is 23.9. The minimum Gasteiger partial charge on any atom is -0.493 e. The lowest BCUT2D eigenvalue weighted by molar-refractivity contribution is -0.146. The third-order valence-electron chi connectivity index (χ3n) is 3.42. The second kappa shape index (κ2) is 5.77. The number of rotatable bonds is 4. The van der Waals surface area contributed by atoms with E-state index in [0.29, 0.717) is 6.61 Å². The number of fused-ring (bicyclic) bond motifs is 1. The average Bonchev–Trinajstić information content (AvgIpc) is 2.90. The second-order valence-corrected chi connectivity index (χ2v) is 4.76. The minimum atomic E-state index is -1.02. The lowest BCUT2D eigenvalue weighted by Crippen LogP contribution is -2.39. The monoisotopic (exact) mass is 275 g/mol. The Kier molecular flexibility index (Phi) is 4.08. The molecule has 1 amide bonds. The molecule has 0 aliphatic carbocycles. The Morgan fingerprint density at radius 2 is 2.20 bits per heavy atom. The van der Waals surface area contributed by atoms with Crippen molar-refractivity contribution in [1.29, 1.82) is 0 Å². The van der Waals surface area contributed by atoms with Gasteiger partial charge in [-0.25, -0.2) is 4.79 Å². The maximum atomic E-state index is 11.8. The lowest BCUT2D eigenvalue weighted by atomic mass is 10.1. The molecule has 106 valence electrons. The standard InChI is InChI=1S/C15H17NO4/c1-10(15(18)19)16(2)14(17)6-4-11-3-5-13-12(9-11)7-8-20-13/h3-6,9-10H,7-8H2,1-2H3,(H,18,19). The molecule has 1 heterocycles. The summed E-state index contributed by atoms with van der Waals surface area (Å²) in [5.74, 6) is -0.467. The summed E-state index contributed by atoms with van der Waals surface area (Å²) in [5, 5.41) is 8.86. The topological polar surface area (TPSA) is 66.8 Å². The van der Waals surface area contributed by atoms with Gasteiger partial charge in [0.15, 0.2) is 0 Å². The van der Waals surface area contributed by atoms with Gasteiger partial charge in [0.05, 0.1) is 6.61 Å². The van der Waals surface area contributed by atoms with Crippen molar-refractivity contribution in [3.05, 3.63) is 35.4 Å². The van der Waals surface area contributed by atoms with Crippen LogP contribution in [0.25, 0.3) is 6.08 Å². The first-order valence-electron chi connectivity index (χ1n) is 6.42. The Balaban J connectivity index is 2.05. The second-order valence-electron chi connectivity index (χ2n) is 4.76. The average molecular weight is 275 g/mol. The molecule has 0 spiro atoms. The Morgan fingerprint density at radius 3 is 2.90 bits per heavy atom. The molecule has 1 unspecified atom stereocenters. The number of carbonyl (C=O) groups excluding carboxylic acids is 1. The van der Waals surface area contributed by atoms with Crippen LogP contribution in [0.5, 0.6) is 5.75 Å². The van der Waals surface area contributed by atoms with Crippen molar-refractivity contribution >= 4 is 18.0 Å². The van der Waals surface area contributed by atoms with Gasteiger partial charge in [-0.1, -0.05) is 6.07 Å². The highest BCUT2D eigenvalue weighted by Gasteiger charge is 2.19. The summed E-state index contributed by atoms with van der Waals surface area (Å²) in [7, 11) is 1.47. The molecule has 0 saturated heterocycles. The van der Waals surface area contributed by atoms with E-state index in [4.69, 9.17) is 9.84 Å². The SMILES string of the molecule is CC(C(=O)O)N(C)C(=O)C=Cc1ccc2c(c1)CCO2. The van der Waals surface area contributed by atoms with Crippen LogP contribution in [0.3, 0.4) is 0 Å². The van der Waals surface area contributed by atoms with Gasteiger partial charge in [-0.3, -0.25) is 4.79 Å². The van der Waals surface area contributed by atoms with E-state index in [-0.39, 0.29) is 5.91 Å². The Hall–Kier alpha value is -2.30. The summed E-state index contributed by atoms with van der Waals surface area (Å²) in [5.41, 5.74) is 2.03. The predicted octanol–water partition coefficient (Wildman–Crippen LogP) is 1.57. The normalized spacial score (nSPS) is 14.7. The molecule has 0 aromatic heterocycles. The highest BCUT2D eigenvalue weighted by molar-refractivity contribution is 5.94. The number of amides is 1. The van der Waals surface area contributed by atoms with Gasteiger partial charge in [0.2, 0.25) is 5.91 Å². The maximum Gasteiger partial charge on any atom is 0.326 e. The summed E-state index contributed by atoms with van der Waals surface area (Å²) >= 11 is 0. The molecular formula is C15H17NO4. The molecule has 0 saturated carbocycles. The number of carboxylic acid groups (broad SMARTS) is 1.